The third-order valence-corrected chi connectivity index (χ3v) is 5.66. The summed E-state index contributed by atoms with van der Waals surface area (Å²) >= 11 is -0.175. The SMILES string of the molecule is Cc1c(-c2ccc(COc3ccc(SC(F)(F)F)cc3)cc2)[nH]c2cccc(F)c2c1=O. The number of halogens is 4. The number of alkyl halides is 3. The van der Waals surface area contributed by atoms with Crippen LogP contribution < -0.4 is 10.2 Å². The number of hydrogen-bond donors (Lipinski definition) is 1. The van der Waals surface area contributed by atoms with Crippen LogP contribution in [0.4, 0.5) is 17.6 Å². The van der Waals surface area contributed by atoms with Gasteiger partial charge in [0.2, 0.25) is 0 Å². The van der Waals surface area contributed by atoms with Crippen molar-refractivity contribution in [2.75, 3.05) is 0 Å². The standard InChI is InChI=1S/C24H17F4NO2S/c1-14-22(29-20-4-2-3-19(25)21(20)23(14)30)16-7-5-15(6-8-16)13-31-17-9-11-18(12-10-17)32-24(26,27)28/h2-12H,13H2,1H3,(H,29,30). The van der Waals surface area contributed by atoms with Crippen LogP contribution in [0.15, 0.2) is 76.4 Å². The van der Waals surface area contributed by atoms with E-state index < -0.39 is 11.3 Å². The summed E-state index contributed by atoms with van der Waals surface area (Å²) in [6.45, 7) is 1.88. The highest BCUT2D eigenvalue weighted by molar-refractivity contribution is 8.00. The van der Waals surface area contributed by atoms with E-state index in [1.165, 1.54) is 30.3 Å². The second-order valence-electron chi connectivity index (χ2n) is 7.12. The minimum Gasteiger partial charge on any atom is -0.489 e. The Balaban J connectivity index is 1.49. The van der Waals surface area contributed by atoms with E-state index in [2.05, 4.69) is 4.98 Å². The maximum atomic E-state index is 14.0. The van der Waals surface area contributed by atoms with Crippen LogP contribution in [0.1, 0.15) is 11.1 Å². The van der Waals surface area contributed by atoms with Gasteiger partial charge in [-0.05, 0) is 66.2 Å². The topological polar surface area (TPSA) is 42.1 Å². The molecule has 0 amide bonds. The quantitative estimate of drug-likeness (QED) is 0.263. The van der Waals surface area contributed by atoms with E-state index in [1.54, 1.807) is 19.1 Å². The molecular formula is C24H17F4NO2S. The Bertz CT molecular complexity index is 1310. The van der Waals surface area contributed by atoms with Crippen molar-refractivity contribution in [3.8, 4) is 17.0 Å². The molecular weight excluding hydrogens is 442 g/mol. The number of benzene rings is 3. The first kappa shape index (κ1) is 22.0. The maximum absolute atomic E-state index is 14.0. The van der Waals surface area contributed by atoms with Gasteiger partial charge in [-0.2, -0.15) is 13.2 Å². The van der Waals surface area contributed by atoms with Crippen molar-refractivity contribution in [2.45, 2.75) is 23.9 Å². The Hall–Kier alpha value is -3.26. The summed E-state index contributed by atoms with van der Waals surface area (Å²) in [7, 11) is 0. The number of rotatable bonds is 5. The fourth-order valence-electron chi connectivity index (χ4n) is 3.35. The molecule has 0 aliphatic carbocycles. The molecule has 4 aromatic rings. The molecule has 1 heterocycles. The Morgan fingerprint density at radius 2 is 1.66 bits per heavy atom. The summed E-state index contributed by atoms with van der Waals surface area (Å²) in [6.07, 6.45) is 0. The molecule has 0 atom stereocenters. The summed E-state index contributed by atoms with van der Waals surface area (Å²) in [6, 6.07) is 17.5. The average molecular weight is 459 g/mol. The molecule has 0 saturated heterocycles. The van der Waals surface area contributed by atoms with Gasteiger partial charge in [-0.25, -0.2) is 4.39 Å². The Kier molecular flexibility index (Phi) is 5.97. The van der Waals surface area contributed by atoms with Gasteiger partial charge >= 0.3 is 5.51 Å². The molecule has 0 fully saturated rings. The monoisotopic (exact) mass is 459 g/mol. The molecule has 0 spiro atoms. The van der Waals surface area contributed by atoms with Crippen molar-refractivity contribution in [1.29, 1.82) is 0 Å². The number of pyridine rings is 1. The summed E-state index contributed by atoms with van der Waals surface area (Å²) in [5.41, 5.74) is -1.62. The van der Waals surface area contributed by atoms with Crippen molar-refractivity contribution >= 4 is 22.7 Å². The lowest BCUT2D eigenvalue weighted by Gasteiger charge is -2.11. The highest BCUT2D eigenvalue weighted by Gasteiger charge is 2.29. The van der Waals surface area contributed by atoms with Crippen LogP contribution in [-0.4, -0.2) is 10.5 Å². The first-order valence-electron chi connectivity index (χ1n) is 9.60. The van der Waals surface area contributed by atoms with Crippen molar-refractivity contribution in [3.05, 3.63) is 93.9 Å². The lowest BCUT2D eigenvalue weighted by molar-refractivity contribution is -0.0328. The smallest absolute Gasteiger partial charge is 0.446 e. The van der Waals surface area contributed by atoms with Gasteiger partial charge in [0.05, 0.1) is 16.6 Å². The van der Waals surface area contributed by atoms with Gasteiger partial charge in [0.25, 0.3) is 0 Å². The fourth-order valence-corrected chi connectivity index (χ4v) is 3.89. The molecule has 0 radical (unpaired) electrons. The molecule has 4 rings (SSSR count). The number of aromatic nitrogens is 1. The molecule has 0 unspecified atom stereocenters. The molecule has 164 valence electrons. The van der Waals surface area contributed by atoms with Crippen LogP contribution >= 0.6 is 11.8 Å². The molecule has 3 nitrogen and oxygen atoms in total. The minimum absolute atomic E-state index is 0.0402. The van der Waals surface area contributed by atoms with Crippen LogP contribution in [-0.2, 0) is 6.61 Å². The summed E-state index contributed by atoms with van der Waals surface area (Å²) in [5.74, 6) is -0.103. The van der Waals surface area contributed by atoms with Gasteiger partial charge in [-0.1, -0.05) is 30.3 Å². The minimum atomic E-state index is -4.33. The van der Waals surface area contributed by atoms with Gasteiger partial charge in [-0.15, -0.1) is 0 Å². The van der Waals surface area contributed by atoms with E-state index in [0.29, 0.717) is 22.5 Å². The van der Waals surface area contributed by atoms with E-state index in [-0.39, 0.29) is 34.1 Å². The first-order valence-corrected chi connectivity index (χ1v) is 10.4. The van der Waals surface area contributed by atoms with Crippen LogP contribution in [0.5, 0.6) is 5.75 Å². The zero-order valence-electron chi connectivity index (χ0n) is 16.8. The molecule has 8 heteroatoms. The van der Waals surface area contributed by atoms with Crippen molar-refractivity contribution < 1.29 is 22.3 Å². The normalized spacial score (nSPS) is 11.7. The van der Waals surface area contributed by atoms with Gasteiger partial charge in [0.1, 0.15) is 18.2 Å². The van der Waals surface area contributed by atoms with E-state index >= 15 is 0 Å². The number of hydrogen-bond acceptors (Lipinski definition) is 3. The molecule has 3 aromatic carbocycles. The Morgan fingerprint density at radius 3 is 2.31 bits per heavy atom. The van der Waals surface area contributed by atoms with E-state index in [4.69, 9.17) is 4.74 Å². The first-order chi connectivity index (χ1) is 15.2. The van der Waals surface area contributed by atoms with Gasteiger partial charge < -0.3 is 9.72 Å². The number of nitrogens with one attached hydrogen (secondary N) is 1. The number of H-pyrrole nitrogens is 1. The van der Waals surface area contributed by atoms with Crippen LogP contribution in [0.3, 0.4) is 0 Å². The molecule has 1 aromatic heterocycles. The lowest BCUT2D eigenvalue weighted by atomic mass is 10.0. The third kappa shape index (κ3) is 4.80. The van der Waals surface area contributed by atoms with Crippen molar-refractivity contribution in [3.63, 3.8) is 0 Å². The molecule has 0 saturated carbocycles. The molecule has 32 heavy (non-hydrogen) atoms. The molecule has 0 bridgehead atoms. The zero-order chi connectivity index (χ0) is 22.9. The average Bonchev–Trinajstić information content (AvgIpc) is 2.75. The maximum Gasteiger partial charge on any atom is 0.446 e. The predicted molar refractivity (Wildman–Crippen MR) is 117 cm³/mol. The number of fused-ring (bicyclic) bond motifs is 1. The highest BCUT2D eigenvalue weighted by Crippen LogP contribution is 2.37. The summed E-state index contributed by atoms with van der Waals surface area (Å²) < 4.78 is 56.9. The highest BCUT2D eigenvalue weighted by atomic mass is 32.2. The number of thioether (sulfide) groups is 1. The number of ether oxygens (including phenoxy) is 1. The Labute approximate surface area is 185 Å². The molecule has 1 N–H and O–H groups in total. The molecule has 0 aliphatic heterocycles. The largest absolute Gasteiger partial charge is 0.489 e. The van der Waals surface area contributed by atoms with Crippen molar-refractivity contribution in [2.24, 2.45) is 0 Å². The lowest BCUT2D eigenvalue weighted by Crippen LogP contribution is -2.11. The zero-order valence-corrected chi connectivity index (χ0v) is 17.6. The van der Waals surface area contributed by atoms with E-state index in [9.17, 15) is 22.4 Å². The molecule has 0 aliphatic rings. The summed E-state index contributed by atoms with van der Waals surface area (Å²) in [4.78, 5) is 15.9. The van der Waals surface area contributed by atoms with Crippen molar-refractivity contribution in [1.82, 2.24) is 4.98 Å². The van der Waals surface area contributed by atoms with Crippen LogP contribution in [0.25, 0.3) is 22.2 Å². The predicted octanol–water partition coefficient (Wildman–Crippen LogP) is 6.83. The number of aromatic amines is 1. The van der Waals surface area contributed by atoms with Gasteiger partial charge in [-0.3, -0.25) is 4.79 Å². The van der Waals surface area contributed by atoms with E-state index in [1.807, 2.05) is 24.3 Å². The van der Waals surface area contributed by atoms with E-state index in [0.717, 1.165) is 11.1 Å². The Morgan fingerprint density at radius 1 is 0.969 bits per heavy atom. The van der Waals surface area contributed by atoms with Gasteiger partial charge in [0.15, 0.2) is 5.43 Å². The summed E-state index contributed by atoms with van der Waals surface area (Å²) in [5, 5.41) is 0.0402. The second kappa shape index (κ2) is 8.70. The van der Waals surface area contributed by atoms with Crippen LogP contribution in [0, 0.1) is 12.7 Å². The van der Waals surface area contributed by atoms with Gasteiger partial charge in [0, 0.05) is 10.5 Å². The van der Waals surface area contributed by atoms with Crippen LogP contribution in [0.2, 0.25) is 0 Å². The third-order valence-electron chi connectivity index (χ3n) is 4.92. The second-order valence-corrected chi connectivity index (χ2v) is 8.26. The fraction of sp³-hybridized carbons (Fsp3) is 0.125.